The molecular formula is C10H11FN4OS. The first kappa shape index (κ1) is 11.6. The zero-order valence-electron chi connectivity index (χ0n) is 9.11. The third kappa shape index (κ3) is 2.62. The van der Waals surface area contributed by atoms with E-state index in [0.29, 0.717) is 12.2 Å². The molecule has 0 spiro atoms. The van der Waals surface area contributed by atoms with Crippen LogP contribution in [0, 0.1) is 5.13 Å². The van der Waals surface area contributed by atoms with Crippen LogP contribution in [0.25, 0.3) is 0 Å². The first-order chi connectivity index (χ1) is 8.06. The fourth-order valence-corrected chi connectivity index (χ4v) is 2.10. The van der Waals surface area contributed by atoms with Gasteiger partial charge in [-0.05, 0) is 12.1 Å². The molecule has 0 aliphatic heterocycles. The van der Waals surface area contributed by atoms with Crippen molar-refractivity contribution in [2.24, 2.45) is 12.8 Å². The van der Waals surface area contributed by atoms with Gasteiger partial charge < -0.3 is 11.1 Å². The van der Waals surface area contributed by atoms with Crippen molar-refractivity contribution in [2.45, 2.75) is 6.54 Å². The number of thiophene rings is 1. The standard InChI is InChI=1S/C10H11FN4OS/c1-15-5-7(9(14-15)10(12)16)13-4-6-2-3-8(11)17-6/h2-3,5,13H,4H2,1H3,(H2,12,16). The van der Waals surface area contributed by atoms with Crippen LogP contribution >= 0.6 is 11.3 Å². The van der Waals surface area contributed by atoms with Crippen LogP contribution in [0.3, 0.4) is 0 Å². The van der Waals surface area contributed by atoms with Crippen molar-refractivity contribution in [3.63, 3.8) is 0 Å². The molecule has 2 rings (SSSR count). The van der Waals surface area contributed by atoms with Gasteiger partial charge in [0.15, 0.2) is 10.8 Å². The molecule has 0 aromatic carbocycles. The monoisotopic (exact) mass is 254 g/mol. The molecule has 0 atom stereocenters. The molecule has 0 saturated heterocycles. The average Bonchev–Trinajstić information content (AvgIpc) is 2.82. The van der Waals surface area contributed by atoms with Crippen molar-refractivity contribution in [1.29, 1.82) is 0 Å². The smallest absolute Gasteiger partial charge is 0.271 e. The summed E-state index contributed by atoms with van der Waals surface area (Å²) in [5.74, 6) is -0.592. The van der Waals surface area contributed by atoms with Crippen molar-refractivity contribution in [2.75, 3.05) is 5.32 Å². The lowest BCUT2D eigenvalue weighted by molar-refractivity contribution is 0.0995. The van der Waals surface area contributed by atoms with Gasteiger partial charge in [-0.3, -0.25) is 9.48 Å². The second-order valence-corrected chi connectivity index (χ2v) is 4.61. The first-order valence-corrected chi connectivity index (χ1v) is 5.69. The maximum Gasteiger partial charge on any atom is 0.271 e. The molecule has 0 radical (unpaired) electrons. The summed E-state index contributed by atoms with van der Waals surface area (Å²) < 4.78 is 14.3. The summed E-state index contributed by atoms with van der Waals surface area (Å²) in [5.41, 5.74) is 5.92. The Balaban J connectivity index is 2.11. The summed E-state index contributed by atoms with van der Waals surface area (Å²) in [6.45, 7) is 0.431. The number of rotatable bonds is 4. The molecule has 0 saturated carbocycles. The second kappa shape index (κ2) is 4.54. The Morgan fingerprint density at radius 1 is 1.65 bits per heavy atom. The van der Waals surface area contributed by atoms with Crippen LogP contribution in [0.1, 0.15) is 15.4 Å². The highest BCUT2D eigenvalue weighted by Crippen LogP contribution is 2.18. The lowest BCUT2D eigenvalue weighted by Gasteiger charge is -2.02. The number of hydrogen-bond donors (Lipinski definition) is 2. The number of nitrogens with one attached hydrogen (secondary N) is 1. The third-order valence-electron chi connectivity index (χ3n) is 2.14. The van der Waals surface area contributed by atoms with Gasteiger partial charge in [-0.25, -0.2) is 0 Å². The quantitative estimate of drug-likeness (QED) is 0.864. The Bertz CT molecular complexity index is 548. The molecule has 2 heterocycles. The van der Waals surface area contributed by atoms with Crippen LogP contribution in [0.2, 0.25) is 0 Å². The topological polar surface area (TPSA) is 72.9 Å². The van der Waals surface area contributed by atoms with Gasteiger partial charge in [0.05, 0.1) is 5.69 Å². The SMILES string of the molecule is Cn1cc(NCc2ccc(F)s2)c(C(N)=O)n1. The van der Waals surface area contributed by atoms with Crippen LogP contribution in [0.5, 0.6) is 0 Å². The van der Waals surface area contributed by atoms with E-state index in [9.17, 15) is 9.18 Å². The number of aromatic nitrogens is 2. The molecule has 7 heteroatoms. The minimum absolute atomic E-state index is 0.185. The second-order valence-electron chi connectivity index (χ2n) is 3.49. The Hall–Kier alpha value is -1.89. The Morgan fingerprint density at radius 3 is 3.00 bits per heavy atom. The highest BCUT2D eigenvalue weighted by molar-refractivity contribution is 7.10. The van der Waals surface area contributed by atoms with Gasteiger partial charge in [-0.15, -0.1) is 11.3 Å². The normalized spacial score (nSPS) is 10.5. The van der Waals surface area contributed by atoms with Crippen LogP contribution in [0.15, 0.2) is 18.3 Å². The third-order valence-corrected chi connectivity index (χ3v) is 3.02. The van der Waals surface area contributed by atoms with Crippen molar-refractivity contribution in [1.82, 2.24) is 9.78 Å². The van der Waals surface area contributed by atoms with Crippen LogP contribution < -0.4 is 11.1 Å². The van der Waals surface area contributed by atoms with E-state index < -0.39 is 5.91 Å². The molecule has 0 unspecified atom stereocenters. The van der Waals surface area contributed by atoms with Crippen molar-refractivity contribution in [3.8, 4) is 0 Å². The summed E-state index contributed by atoms with van der Waals surface area (Å²) in [4.78, 5) is 11.9. The molecule has 2 aromatic heterocycles. The van der Waals surface area contributed by atoms with E-state index in [1.807, 2.05) is 0 Å². The number of hydrogen-bond acceptors (Lipinski definition) is 4. The Labute approximate surface area is 101 Å². The Morgan fingerprint density at radius 2 is 2.41 bits per heavy atom. The van der Waals surface area contributed by atoms with E-state index in [4.69, 9.17) is 5.73 Å². The van der Waals surface area contributed by atoms with Gasteiger partial charge in [-0.2, -0.15) is 9.49 Å². The van der Waals surface area contributed by atoms with Crippen molar-refractivity contribution >= 4 is 22.9 Å². The van der Waals surface area contributed by atoms with Gasteiger partial charge in [0.2, 0.25) is 0 Å². The summed E-state index contributed by atoms with van der Waals surface area (Å²) in [5, 5.41) is 6.71. The summed E-state index contributed by atoms with van der Waals surface area (Å²) in [6, 6.07) is 3.09. The van der Waals surface area contributed by atoms with E-state index in [1.54, 1.807) is 19.3 Å². The fraction of sp³-hybridized carbons (Fsp3) is 0.200. The minimum Gasteiger partial charge on any atom is -0.377 e. The number of halogens is 1. The van der Waals surface area contributed by atoms with E-state index in [1.165, 1.54) is 10.7 Å². The number of aryl methyl sites for hydroxylation is 1. The lowest BCUT2D eigenvalue weighted by Crippen LogP contribution is -2.14. The number of nitrogens with zero attached hydrogens (tertiary/aromatic N) is 2. The molecule has 1 amide bonds. The van der Waals surface area contributed by atoms with E-state index >= 15 is 0 Å². The number of nitrogens with two attached hydrogens (primary N) is 1. The van der Waals surface area contributed by atoms with E-state index in [2.05, 4.69) is 10.4 Å². The first-order valence-electron chi connectivity index (χ1n) is 4.88. The maximum absolute atomic E-state index is 12.8. The predicted molar refractivity (Wildman–Crippen MR) is 63.3 cm³/mol. The number of carbonyl (C=O) groups is 1. The van der Waals surface area contributed by atoms with Crippen LogP contribution in [0.4, 0.5) is 10.1 Å². The van der Waals surface area contributed by atoms with Crippen LogP contribution in [-0.2, 0) is 13.6 Å². The van der Waals surface area contributed by atoms with Crippen molar-refractivity contribution in [3.05, 3.63) is 34.0 Å². The number of anilines is 1. The average molecular weight is 254 g/mol. The molecule has 0 fully saturated rings. The molecule has 0 bridgehead atoms. The van der Waals surface area contributed by atoms with Crippen LogP contribution in [-0.4, -0.2) is 15.7 Å². The molecule has 0 aliphatic rings. The lowest BCUT2D eigenvalue weighted by atomic mass is 10.3. The van der Waals surface area contributed by atoms with Gasteiger partial charge in [0.1, 0.15) is 0 Å². The van der Waals surface area contributed by atoms with Gasteiger partial charge in [0, 0.05) is 24.7 Å². The van der Waals surface area contributed by atoms with E-state index in [-0.39, 0.29) is 10.8 Å². The summed E-state index contributed by atoms with van der Waals surface area (Å²) in [6.07, 6.45) is 1.66. The predicted octanol–water partition coefficient (Wildman–Crippen LogP) is 1.33. The number of primary amides is 1. The minimum atomic E-state index is -0.592. The zero-order chi connectivity index (χ0) is 12.4. The number of carbonyl (C=O) groups excluding carboxylic acids is 1. The molecule has 17 heavy (non-hydrogen) atoms. The molecule has 2 aromatic rings. The Kier molecular flexibility index (Phi) is 3.10. The summed E-state index contributed by atoms with van der Waals surface area (Å²) in [7, 11) is 1.70. The molecule has 5 nitrogen and oxygen atoms in total. The molecule has 3 N–H and O–H groups in total. The highest BCUT2D eigenvalue weighted by atomic mass is 32.1. The van der Waals surface area contributed by atoms with Gasteiger partial charge >= 0.3 is 0 Å². The fourth-order valence-electron chi connectivity index (χ4n) is 1.43. The summed E-state index contributed by atoms with van der Waals surface area (Å²) >= 11 is 1.06. The van der Waals surface area contributed by atoms with Crippen molar-refractivity contribution < 1.29 is 9.18 Å². The molecular weight excluding hydrogens is 243 g/mol. The number of amides is 1. The molecule has 0 aliphatic carbocycles. The highest BCUT2D eigenvalue weighted by Gasteiger charge is 2.12. The molecule has 90 valence electrons. The van der Waals surface area contributed by atoms with Gasteiger partial charge in [0.25, 0.3) is 5.91 Å². The van der Waals surface area contributed by atoms with E-state index in [0.717, 1.165) is 16.2 Å². The maximum atomic E-state index is 12.8. The zero-order valence-corrected chi connectivity index (χ0v) is 9.92. The largest absolute Gasteiger partial charge is 0.377 e. The van der Waals surface area contributed by atoms with Gasteiger partial charge in [-0.1, -0.05) is 0 Å².